The molecule has 1 aromatic heterocycles. The molecule has 124 valence electrons. The molecule has 8 nitrogen and oxygen atoms in total. The van der Waals surface area contributed by atoms with Crippen LogP contribution in [0, 0.1) is 24.0 Å². The van der Waals surface area contributed by atoms with Crippen LogP contribution in [-0.4, -0.2) is 32.7 Å². The highest BCUT2D eigenvalue weighted by Gasteiger charge is 2.26. The van der Waals surface area contributed by atoms with Gasteiger partial charge in [0.05, 0.1) is 17.0 Å². The van der Waals surface area contributed by atoms with E-state index < -0.39 is 4.92 Å². The van der Waals surface area contributed by atoms with Gasteiger partial charge < -0.3 is 11.1 Å². The lowest BCUT2D eigenvalue weighted by Gasteiger charge is -2.31. The fourth-order valence-corrected chi connectivity index (χ4v) is 2.50. The second-order valence-corrected chi connectivity index (χ2v) is 5.49. The van der Waals surface area contributed by atoms with Gasteiger partial charge in [-0.15, -0.1) is 0 Å². The predicted molar refractivity (Wildman–Crippen MR) is 83.5 cm³/mol. The van der Waals surface area contributed by atoms with Crippen LogP contribution in [-0.2, 0) is 11.3 Å². The molecule has 0 aliphatic carbocycles. The van der Waals surface area contributed by atoms with Gasteiger partial charge in [-0.3, -0.25) is 19.6 Å². The molecule has 22 heavy (non-hydrogen) atoms. The maximum atomic E-state index is 12.1. The number of hydrogen-bond acceptors (Lipinski definition) is 5. The third-order valence-corrected chi connectivity index (χ3v) is 4.23. The maximum Gasteiger partial charge on any atom is 0.312 e. The molecule has 0 unspecified atom stereocenters. The monoisotopic (exact) mass is 311 g/mol. The minimum absolute atomic E-state index is 0.0128. The Kier molecular flexibility index (Phi) is 6.04. The van der Waals surface area contributed by atoms with E-state index in [1.807, 2.05) is 13.8 Å². The lowest BCUT2D eigenvalue weighted by molar-refractivity contribution is -0.386. The van der Waals surface area contributed by atoms with Crippen LogP contribution in [0.1, 0.15) is 44.5 Å². The van der Waals surface area contributed by atoms with Crippen molar-refractivity contribution in [1.82, 2.24) is 15.1 Å². The lowest BCUT2D eigenvalue weighted by Crippen LogP contribution is -2.53. The average Bonchev–Trinajstić information content (AvgIpc) is 2.77. The number of aromatic nitrogens is 2. The molecule has 0 saturated heterocycles. The van der Waals surface area contributed by atoms with Crippen LogP contribution in [0.3, 0.4) is 0 Å². The van der Waals surface area contributed by atoms with Crippen LogP contribution >= 0.6 is 0 Å². The van der Waals surface area contributed by atoms with E-state index >= 15 is 0 Å². The standard InChI is InChI=1S/C14H25N5O3/c1-5-14(6-2,9-15)16-12(20)7-8-18-11(4)13(19(21)22)10(3)17-18/h5-9,15H2,1-4H3,(H,16,20). The Bertz CT molecular complexity index is 541. The Morgan fingerprint density at radius 1 is 1.41 bits per heavy atom. The van der Waals surface area contributed by atoms with Gasteiger partial charge in [0.15, 0.2) is 0 Å². The van der Waals surface area contributed by atoms with Crippen molar-refractivity contribution in [2.45, 2.75) is 59.0 Å². The van der Waals surface area contributed by atoms with Gasteiger partial charge in [-0.2, -0.15) is 5.10 Å². The third kappa shape index (κ3) is 3.82. The minimum Gasteiger partial charge on any atom is -0.349 e. The topological polar surface area (TPSA) is 116 Å². The van der Waals surface area contributed by atoms with E-state index in [9.17, 15) is 14.9 Å². The summed E-state index contributed by atoms with van der Waals surface area (Å²) >= 11 is 0. The first-order valence-electron chi connectivity index (χ1n) is 7.49. The molecule has 8 heteroatoms. The fourth-order valence-electron chi connectivity index (χ4n) is 2.50. The lowest BCUT2D eigenvalue weighted by atomic mass is 9.93. The number of nitrogens with zero attached hydrogens (tertiary/aromatic N) is 3. The van der Waals surface area contributed by atoms with Crippen molar-refractivity contribution in [3.8, 4) is 0 Å². The zero-order valence-corrected chi connectivity index (χ0v) is 13.7. The van der Waals surface area contributed by atoms with Crippen LogP contribution in [0.15, 0.2) is 0 Å². The van der Waals surface area contributed by atoms with Crippen LogP contribution < -0.4 is 11.1 Å². The Labute approximate surface area is 130 Å². The first-order valence-corrected chi connectivity index (χ1v) is 7.49. The normalized spacial score (nSPS) is 11.5. The average molecular weight is 311 g/mol. The van der Waals surface area contributed by atoms with Crippen LogP contribution in [0.2, 0.25) is 0 Å². The van der Waals surface area contributed by atoms with Crippen molar-refractivity contribution in [1.29, 1.82) is 0 Å². The molecule has 3 N–H and O–H groups in total. The summed E-state index contributed by atoms with van der Waals surface area (Å²) in [5, 5.41) is 18.1. The summed E-state index contributed by atoms with van der Waals surface area (Å²) in [4.78, 5) is 22.6. The SMILES string of the molecule is CCC(CC)(CN)NC(=O)CCn1nc(C)c([N+](=O)[O-])c1C. The first kappa shape index (κ1) is 18.1. The number of carbonyl (C=O) groups excluding carboxylic acids is 1. The molecule has 1 aromatic rings. The Hall–Kier alpha value is -1.96. The van der Waals surface area contributed by atoms with Crippen LogP contribution in [0.4, 0.5) is 5.69 Å². The van der Waals surface area contributed by atoms with Crippen molar-refractivity contribution in [2.24, 2.45) is 5.73 Å². The molecule has 0 spiro atoms. The predicted octanol–water partition coefficient (Wildman–Crippen LogP) is 1.43. The summed E-state index contributed by atoms with van der Waals surface area (Å²) in [5.41, 5.74) is 6.22. The number of rotatable bonds is 8. The van der Waals surface area contributed by atoms with Crippen molar-refractivity contribution >= 4 is 11.6 Å². The number of amides is 1. The summed E-state index contributed by atoms with van der Waals surface area (Å²) in [5.74, 6) is -0.121. The Morgan fingerprint density at radius 3 is 2.41 bits per heavy atom. The quantitative estimate of drug-likeness (QED) is 0.556. The Morgan fingerprint density at radius 2 is 2.00 bits per heavy atom. The number of carbonyl (C=O) groups is 1. The van der Waals surface area contributed by atoms with Crippen LogP contribution in [0.25, 0.3) is 0 Å². The van der Waals surface area contributed by atoms with E-state index in [4.69, 9.17) is 5.73 Å². The number of hydrogen-bond donors (Lipinski definition) is 2. The first-order chi connectivity index (χ1) is 10.3. The van der Waals surface area contributed by atoms with Crippen molar-refractivity contribution < 1.29 is 9.72 Å². The largest absolute Gasteiger partial charge is 0.349 e. The zero-order valence-electron chi connectivity index (χ0n) is 13.7. The molecule has 0 saturated carbocycles. The maximum absolute atomic E-state index is 12.1. The van der Waals surface area contributed by atoms with Gasteiger partial charge in [0.25, 0.3) is 0 Å². The molecular formula is C14H25N5O3. The van der Waals surface area contributed by atoms with E-state index in [-0.39, 0.29) is 23.6 Å². The van der Waals surface area contributed by atoms with Crippen molar-refractivity contribution in [3.63, 3.8) is 0 Å². The van der Waals surface area contributed by atoms with Gasteiger partial charge in [0, 0.05) is 13.0 Å². The number of nitro groups is 1. The highest BCUT2D eigenvalue weighted by Crippen LogP contribution is 2.22. The third-order valence-electron chi connectivity index (χ3n) is 4.23. The Balaban J connectivity index is 2.73. The van der Waals surface area contributed by atoms with Crippen LogP contribution in [0.5, 0.6) is 0 Å². The van der Waals surface area contributed by atoms with Gasteiger partial charge in [-0.05, 0) is 26.7 Å². The molecule has 0 aliphatic rings. The fraction of sp³-hybridized carbons (Fsp3) is 0.714. The van der Waals surface area contributed by atoms with E-state index in [0.29, 0.717) is 24.5 Å². The molecule has 0 atom stereocenters. The van der Waals surface area contributed by atoms with Gasteiger partial charge >= 0.3 is 5.69 Å². The van der Waals surface area contributed by atoms with E-state index in [0.717, 1.165) is 12.8 Å². The molecule has 1 rings (SSSR count). The summed E-state index contributed by atoms with van der Waals surface area (Å²) in [6.07, 6.45) is 1.73. The molecule has 1 amide bonds. The molecule has 0 aliphatic heterocycles. The molecule has 0 aromatic carbocycles. The molecular weight excluding hydrogens is 286 g/mol. The second kappa shape index (κ2) is 7.35. The summed E-state index contributed by atoms with van der Waals surface area (Å²) in [6.45, 7) is 7.90. The minimum atomic E-state index is -0.443. The van der Waals surface area contributed by atoms with E-state index in [2.05, 4.69) is 10.4 Å². The van der Waals surface area contributed by atoms with E-state index in [1.54, 1.807) is 13.8 Å². The zero-order chi connectivity index (χ0) is 16.9. The van der Waals surface area contributed by atoms with Gasteiger partial charge in [0.1, 0.15) is 11.4 Å². The van der Waals surface area contributed by atoms with Gasteiger partial charge in [-0.1, -0.05) is 13.8 Å². The second-order valence-electron chi connectivity index (χ2n) is 5.49. The van der Waals surface area contributed by atoms with Crippen molar-refractivity contribution in [3.05, 3.63) is 21.5 Å². The summed E-state index contributed by atoms with van der Waals surface area (Å²) in [7, 11) is 0. The van der Waals surface area contributed by atoms with E-state index in [1.165, 1.54) is 4.68 Å². The highest BCUT2D eigenvalue weighted by molar-refractivity contribution is 5.76. The highest BCUT2D eigenvalue weighted by atomic mass is 16.6. The molecule has 0 bridgehead atoms. The van der Waals surface area contributed by atoms with Gasteiger partial charge in [0.2, 0.25) is 5.91 Å². The molecule has 1 heterocycles. The van der Waals surface area contributed by atoms with Crippen molar-refractivity contribution in [2.75, 3.05) is 6.54 Å². The molecule has 0 fully saturated rings. The molecule has 0 radical (unpaired) electrons. The number of nitrogens with one attached hydrogen (secondary N) is 1. The summed E-state index contributed by atoms with van der Waals surface area (Å²) < 4.78 is 1.51. The summed E-state index contributed by atoms with van der Waals surface area (Å²) in [6, 6.07) is 0. The smallest absolute Gasteiger partial charge is 0.312 e. The number of aryl methyl sites for hydroxylation is 2. The number of nitrogens with two attached hydrogens (primary N) is 1. The van der Waals surface area contributed by atoms with Gasteiger partial charge in [-0.25, -0.2) is 0 Å².